The van der Waals surface area contributed by atoms with Crippen molar-refractivity contribution in [3.05, 3.63) is 11.6 Å². The van der Waals surface area contributed by atoms with Crippen LogP contribution in [-0.4, -0.2) is 13.1 Å². The van der Waals surface area contributed by atoms with E-state index in [0.29, 0.717) is 11.8 Å². The van der Waals surface area contributed by atoms with Gasteiger partial charge in [-0.2, -0.15) is 0 Å². The molecule has 0 radical (unpaired) electrons. The third-order valence-electron chi connectivity index (χ3n) is 2.77. The van der Waals surface area contributed by atoms with Gasteiger partial charge in [-0.3, -0.25) is 0 Å². The van der Waals surface area contributed by atoms with Gasteiger partial charge in [-0.15, -0.1) is 0 Å². The molecule has 15 heavy (non-hydrogen) atoms. The summed E-state index contributed by atoms with van der Waals surface area (Å²) < 4.78 is 0. The molecule has 0 fully saturated rings. The summed E-state index contributed by atoms with van der Waals surface area (Å²) in [5, 5.41) is 3.53. The van der Waals surface area contributed by atoms with Crippen molar-refractivity contribution in [2.45, 2.75) is 48.0 Å². The quantitative estimate of drug-likeness (QED) is 0.631. The number of allylic oxidation sites excluding steroid dienone is 1. The molecule has 0 rings (SSSR count). The highest BCUT2D eigenvalue weighted by Gasteiger charge is 2.05. The first kappa shape index (κ1) is 14.7. The molecule has 0 aliphatic carbocycles. The first-order chi connectivity index (χ1) is 6.97. The van der Waals surface area contributed by atoms with Crippen LogP contribution in [0.4, 0.5) is 0 Å². The van der Waals surface area contributed by atoms with Crippen LogP contribution in [0.2, 0.25) is 0 Å². The molecule has 0 amide bonds. The number of hydrogen-bond donors (Lipinski definition) is 1. The summed E-state index contributed by atoms with van der Waals surface area (Å²) in [4.78, 5) is 0. The van der Waals surface area contributed by atoms with Gasteiger partial charge >= 0.3 is 0 Å². The molecule has 0 spiro atoms. The third kappa shape index (κ3) is 7.61. The predicted octanol–water partition coefficient (Wildman–Crippen LogP) is 3.86. The van der Waals surface area contributed by atoms with Gasteiger partial charge in [-0.25, -0.2) is 0 Å². The van der Waals surface area contributed by atoms with Crippen molar-refractivity contribution in [2.24, 2.45) is 17.8 Å². The van der Waals surface area contributed by atoms with Gasteiger partial charge in [-0.05, 0) is 24.3 Å². The van der Waals surface area contributed by atoms with Crippen LogP contribution >= 0.6 is 0 Å². The highest BCUT2D eigenvalue weighted by atomic mass is 14.9. The minimum absolute atomic E-state index is 0.665. The predicted molar refractivity (Wildman–Crippen MR) is 70.1 cm³/mol. The van der Waals surface area contributed by atoms with Crippen molar-refractivity contribution in [1.82, 2.24) is 5.32 Å². The van der Waals surface area contributed by atoms with Gasteiger partial charge in [0.05, 0.1) is 0 Å². The summed E-state index contributed by atoms with van der Waals surface area (Å²) in [7, 11) is 0. The fourth-order valence-corrected chi connectivity index (χ4v) is 1.44. The molecule has 0 bridgehead atoms. The summed E-state index contributed by atoms with van der Waals surface area (Å²) in [6.45, 7) is 15.8. The fraction of sp³-hybridized carbons (Fsp3) is 0.857. The lowest BCUT2D eigenvalue weighted by Gasteiger charge is -2.16. The second-order valence-corrected chi connectivity index (χ2v) is 5.31. The van der Waals surface area contributed by atoms with Crippen LogP contribution in [-0.2, 0) is 0 Å². The van der Waals surface area contributed by atoms with Crippen LogP contribution in [0.25, 0.3) is 0 Å². The van der Waals surface area contributed by atoms with E-state index in [0.717, 1.165) is 19.0 Å². The van der Waals surface area contributed by atoms with Crippen molar-refractivity contribution in [3.8, 4) is 0 Å². The van der Waals surface area contributed by atoms with E-state index in [9.17, 15) is 0 Å². The summed E-state index contributed by atoms with van der Waals surface area (Å²) in [6, 6.07) is 0. The SMILES string of the molecule is CCC(C)C=C(CNCC(C)C)C(C)C. The van der Waals surface area contributed by atoms with Crippen LogP contribution in [0, 0.1) is 17.8 Å². The molecule has 1 heteroatoms. The van der Waals surface area contributed by atoms with Gasteiger partial charge in [-0.1, -0.05) is 59.6 Å². The Kier molecular flexibility index (Phi) is 7.76. The Morgan fingerprint density at radius 3 is 2.13 bits per heavy atom. The maximum absolute atomic E-state index is 3.53. The van der Waals surface area contributed by atoms with Crippen molar-refractivity contribution in [3.63, 3.8) is 0 Å². The van der Waals surface area contributed by atoms with E-state index >= 15 is 0 Å². The average Bonchev–Trinajstić information content (AvgIpc) is 2.15. The molecule has 0 saturated heterocycles. The zero-order chi connectivity index (χ0) is 11.8. The summed E-state index contributed by atoms with van der Waals surface area (Å²) >= 11 is 0. The van der Waals surface area contributed by atoms with Gasteiger partial charge in [0.15, 0.2) is 0 Å². The molecule has 0 aliphatic rings. The Balaban J connectivity index is 4.10. The minimum Gasteiger partial charge on any atom is -0.313 e. The van der Waals surface area contributed by atoms with E-state index in [1.807, 2.05) is 0 Å². The monoisotopic (exact) mass is 211 g/mol. The average molecular weight is 211 g/mol. The minimum atomic E-state index is 0.665. The van der Waals surface area contributed by atoms with Gasteiger partial charge in [0.25, 0.3) is 0 Å². The van der Waals surface area contributed by atoms with Crippen LogP contribution in [0.15, 0.2) is 11.6 Å². The van der Waals surface area contributed by atoms with E-state index < -0.39 is 0 Å². The molecule has 1 nitrogen and oxygen atoms in total. The van der Waals surface area contributed by atoms with E-state index in [2.05, 4.69) is 52.9 Å². The van der Waals surface area contributed by atoms with Crippen molar-refractivity contribution < 1.29 is 0 Å². The van der Waals surface area contributed by atoms with Crippen molar-refractivity contribution in [1.29, 1.82) is 0 Å². The zero-order valence-electron chi connectivity index (χ0n) is 11.4. The Labute approximate surface area is 96.3 Å². The maximum Gasteiger partial charge on any atom is 0.0167 e. The molecule has 1 atom stereocenters. The molecule has 0 heterocycles. The molecule has 0 aromatic heterocycles. The lowest BCUT2D eigenvalue weighted by atomic mass is 9.97. The Morgan fingerprint density at radius 2 is 1.73 bits per heavy atom. The van der Waals surface area contributed by atoms with E-state index in [1.54, 1.807) is 5.57 Å². The van der Waals surface area contributed by atoms with Crippen LogP contribution in [0.3, 0.4) is 0 Å². The standard InChI is InChI=1S/C14H29N/c1-7-13(6)8-14(12(4)5)10-15-9-11(2)3/h8,11-13,15H,7,9-10H2,1-6H3. The Morgan fingerprint density at radius 1 is 1.13 bits per heavy atom. The molecule has 0 aliphatic heterocycles. The first-order valence-corrected chi connectivity index (χ1v) is 6.38. The van der Waals surface area contributed by atoms with Gasteiger partial charge in [0.1, 0.15) is 0 Å². The summed E-state index contributed by atoms with van der Waals surface area (Å²) in [6.07, 6.45) is 3.68. The molecular weight excluding hydrogens is 182 g/mol. The number of hydrogen-bond acceptors (Lipinski definition) is 1. The van der Waals surface area contributed by atoms with Crippen molar-refractivity contribution in [2.75, 3.05) is 13.1 Å². The molecular formula is C14H29N. The van der Waals surface area contributed by atoms with Crippen molar-refractivity contribution >= 4 is 0 Å². The molecule has 1 N–H and O–H groups in total. The summed E-state index contributed by atoms with van der Waals surface area (Å²) in [5.74, 6) is 2.11. The molecule has 0 aromatic carbocycles. The van der Waals surface area contributed by atoms with Crippen LogP contribution in [0.5, 0.6) is 0 Å². The number of nitrogens with one attached hydrogen (secondary N) is 1. The highest BCUT2D eigenvalue weighted by molar-refractivity contribution is 5.08. The summed E-state index contributed by atoms with van der Waals surface area (Å²) in [5.41, 5.74) is 1.56. The first-order valence-electron chi connectivity index (χ1n) is 6.38. The topological polar surface area (TPSA) is 12.0 Å². The maximum atomic E-state index is 3.53. The largest absolute Gasteiger partial charge is 0.313 e. The van der Waals surface area contributed by atoms with Crippen LogP contribution in [0.1, 0.15) is 48.0 Å². The smallest absolute Gasteiger partial charge is 0.0167 e. The molecule has 0 saturated carbocycles. The Bertz CT molecular complexity index is 180. The second-order valence-electron chi connectivity index (χ2n) is 5.31. The molecule has 0 aromatic rings. The molecule has 90 valence electrons. The third-order valence-corrected chi connectivity index (χ3v) is 2.77. The van der Waals surface area contributed by atoms with Gasteiger partial charge in [0, 0.05) is 6.54 Å². The fourth-order valence-electron chi connectivity index (χ4n) is 1.44. The lowest BCUT2D eigenvalue weighted by Crippen LogP contribution is -2.24. The molecule has 1 unspecified atom stereocenters. The highest BCUT2D eigenvalue weighted by Crippen LogP contribution is 2.14. The zero-order valence-corrected chi connectivity index (χ0v) is 11.4. The number of rotatable bonds is 7. The normalized spacial score (nSPS) is 15.1. The van der Waals surface area contributed by atoms with E-state index in [4.69, 9.17) is 0 Å². The van der Waals surface area contributed by atoms with Crippen LogP contribution < -0.4 is 5.32 Å². The Hall–Kier alpha value is -0.300. The van der Waals surface area contributed by atoms with Gasteiger partial charge in [0.2, 0.25) is 0 Å². The van der Waals surface area contributed by atoms with E-state index in [-0.39, 0.29) is 0 Å². The second kappa shape index (κ2) is 7.92. The van der Waals surface area contributed by atoms with E-state index in [1.165, 1.54) is 6.42 Å². The lowest BCUT2D eigenvalue weighted by molar-refractivity contribution is 0.551. The van der Waals surface area contributed by atoms with Gasteiger partial charge < -0.3 is 5.32 Å².